The smallest absolute Gasteiger partial charge is 0.329 e. The van der Waals surface area contributed by atoms with Crippen molar-refractivity contribution in [2.75, 3.05) is 13.4 Å². The molecule has 0 amide bonds. The first-order valence-electron chi connectivity index (χ1n) is 3.35. The lowest BCUT2D eigenvalue weighted by Crippen LogP contribution is -2.22. The fourth-order valence-electron chi connectivity index (χ4n) is 0.347. The van der Waals surface area contributed by atoms with Gasteiger partial charge in [-0.1, -0.05) is 0 Å². The highest BCUT2D eigenvalue weighted by Gasteiger charge is 2.09. The molecule has 0 aromatic carbocycles. The standard InChI is InChI=1S/C7H14O4/c1-7(2,3)11-5-10-4-6(8)9/h4-5H2,1-3H3,(H,8,9). The van der Waals surface area contributed by atoms with Crippen LogP contribution in [0, 0.1) is 0 Å². The van der Waals surface area contributed by atoms with Crippen LogP contribution in [0.25, 0.3) is 0 Å². The van der Waals surface area contributed by atoms with Crippen LogP contribution in [0.2, 0.25) is 0 Å². The number of aliphatic carboxylic acids is 1. The molecule has 11 heavy (non-hydrogen) atoms. The molecule has 0 unspecified atom stereocenters. The van der Waals surface area contributed by atoms with Crippen LogP contribution in [-0.2, 0) is 14.3 Å². The first kappa shape index (κ1) is 10.4. The molecular weight excluding hydrogens is 148 g/mol. The Bertz CT molecular complexity index is 125. The van der Waals surface area contributed by atoms with E-state index in [-0.39, 0.29) is 19.0 Å². The largest absolute Gasteiger partial charge is 0.480 e. The Kier molecular flexibility index (Phi) is 4.07. The summed E-state index contributed by atoms with van der Waals surface area (Å²) < 4.78 is 9.74. The normalized spacial score (nSPS) is 11.5. The van der Waals surface area contributed by atoms with E-state index in [9.17, 15) is 4.79 Å². The van der Waals surface area contributed by atoms with Crippen molar-refractivity contribution in [1.82, 2.24) is 0 Å². The number of rotatable bonds is 4. The van der Waals surface area contributed by atoms with Gasteiger partial charge in [-0.15, -0.1) is 0 Å². The zero-order valence-electron chi connectivity index (χ0n) is 7.09. The predicted molar refractivity (Wildman–Crippen MR) is 39.3 cm³/mol. The number of hydrogen-bond acceptors (Lipinski definition) is 3. The molecule has 0 saturated carbocycles. The van der Waals surface area contributed by atoms with E-state index in [1.165, 1.54) is 0 Å². The SMILES string of the molecule is CC(C)(C)OCOCC(=O)O. The molecule has 0 aliphatic carbocycles. The molecule has 0 aliphatic rings. The van der Waals surface area contributed by atoms with E-state index < -0.39 is 5.97 Å². The van der Waals surface area contributed by atoms with Crippen molar-refractivity contribution in [2.45, 2.75) is 26.4 Å². The molecule has 0 aromatic heterocycles. The molecule has 0 aliphatic heterocycles. The lowest BCUT2D eigenvalue weighted by molar-refractivity contribution is -0.156. The Labute approximate surface area is 66.1 Å². The van der Waals surface area contributed by atoms with Gasteiger partial charge in [-0.2, -0.15) is 0 Å². The van der Waals surface area contributed by atoms with Crippen LogP contribution in [0.4, 0.5) is 0 Å². The summed E-state index contributed by atoms with van der Waals surface area (Å²) in [5.74, 6) is -0.984. The fraction of sp³-hybridized carbons (Fsp3) is 0.857. The van der Waals surface area contributed by atoms with Crippen molar-refractivity contribution in [3.05, 3.63) is 0 Å². The van der Waals surface area contributed by atoms with Gasteiger partial charge in [0.1, 0.15) is 13.4 Å². The lowest BCUT2D eigenvalue weighted by Gasteiger charge is -2.18. The second kappa shape index (κ2) is 4.31. The third-order valence-electron chi connectivity index (χ3n) is 0.801. The van der Waals surface area contributed by atoms with E-state index in [1.807, 2.05) is 20.8 Å². The molecule has 66 valence electrons. The number of carboxylic acids is 1. The van der Waals surface area contributed by atoms with Gasteiger partial charge < -0.3 is 14.6 Å². The molecule has 0 bridgehead atoms. The van der Waals surface area contributed by atoms with Gasteiger partial charge in [-0.25, -0.2) is 4.79 Å². The Morgan fingerprint density at radius 2 is 2.00 bits per heavy atom. The minimum atomic E-state index is -0.984. The second-order valence-electron chi connectivity index (χ2n) is 3.12. The maximum absolute atomic E-state index is 9.94. The summed E-state index contributed by atoms with van der Waals surface area (Å²) in [7, 11) is 0. The van der Waals surface area contributed by atoms with E-state index in [4.69, 9.17) is 9.84 Å². The monoisotopic (exact) mass is 162 g/mol. The van der Waals surface area contributed by atoms with Crippen molar-refractivity contribution in [2.24, 2.45) is 0 Å². The molecule has 0 spiro atoms. The predicted octanol–water partition coefficient (Wildman–Crippen LogP) is 0.860. The topological polar surface area (TPSA) is 55.8 Å². The van der Waals surface area contributed by atoms with Gasteiger partial charge in [-0.05, 0) is 20.8 Å². The van der Waals surface area contributed by atoms with Crippen LogP contribution >= 0.6 is 0 Å². The van der Waals surface area contributed by atoms with Crippen LogP contribution < -0.4 is 0 Å². The van der Waals surface area contributed by atoms with Crippen LogP contribution in [0.3, 0.4) is 0 Å². The lowest BCUT2D eigenvalue weighted by atomic mass is 10.2. The third-order valence-corrected chi connectivity index (χ3v) is 0.801. The maximum atomic E-state index is 9.94. The number of carboxylic acid groups (broad SMARTS) is 1. The number of ether oxygens (including phenoxy) is 2. The van der Waals surface area contributed by atoms with Crippen molar-refractivity contribution in [3.63, 3.8) is 0 Å². The molecule has 0 saturated heterocycles. The van der Waals surface area contributed by atoms with Crippen molar-refractivity contribution >= 4 is 5.97 Å². The number of hydrogen-bond donors (Lipinski definition) is 1. The van der Waals surface area contributed by atoms with Crippen molar-refractivity contribution in [3.8, 4) is 0 Å². The Morgan fingerprint density at radius 1 is 1.45 bits per heavy atom. The van der Waals surface area contributed by atoms with Crippen LogP contribution in [0.15, 0.2) is 0 Å². The minimum Gasteiger partial charge on any atom is -0.480 e. The van der Waals surface area contributed by atoms with Crippen molar-refractivity contribution < 1.29 is 19.4 Å². The highest BCUT2D eigenvalue weighted by atomic mass is 16.7. The summed E-state index contributed by atoms with van der Waals surface area (Å²) >= 11 is 0. The summed E-state index contributed by atoms with van der Waals surface area (Å²) in [6, 6.07) is 0. The molecular formula is C7H14O4. The average Bonchev–Trinajstić information content (AvgIpc) is 1.78. The molecule has 0 heterocycles. The second-order valence-corrected chi connectivity index (χ2v) is 3.12. The first-order valence-corrected chi connectivity index (χ1v) is 3.35. The minimum absolute atomic E-state index is 0.0236. The number of carbonyl (C=O) groups is 1. The molecule has 0 aromatic rings. The average molecular weight is 162 g/mol. The molecule has 0 fully saturated rings. The van der Waals surface area contributed by atoms with Gasteiger partial charge in [0.05, 0.1) is 5.60 Å². The molecule has 0 atom stereocenters. The highest BCUT2D eigenvalue weighted by molar-refractivity contribution is 5.67. The molecule has 0 radical (unpaired) electrons. The molecule has 0 rings (SSSR count). The molecule has 4 nitrogen and oxygen atoms in total. The van der Waals surface area contributed by atoms with Crippen LogP contribution in [0.5, 0.6) is 0 Å². The summed E-state index contributed by atoms with van der Waals surface area (Å²) in [6.45, 7) is 5.33. The summed E-state index contributed by atoms with van der Waals surface area (Å²) in [6.07, 6.45) is 0. The Morgan fingerprint density at radius 3 is 2.36 bits per heavy atom. The van der Waals surface area contributed by atoms with E-state index >= 15 is 0 Å². The Balaban J connectivity index is 3.22. The van der Waals surface area contributed by atoms with Gasteiger partial charge in [0.2, 0.25) is 0 Å². The fourth-order valence-corrected chi connectivity index (χ4v) is 0.347. The summed E-state index contributed by atoms with van der Waals surface area (Å²) in [5, 5.41) is 8.16. The Hall–Kier alpha value is -0.610. The van der Waals surface area contributed by atoms with Crippen LogP contribution in [-0.4, -0.2) is 30.1 Å². The zero-order chi connectivity index (χ0) is 8.91. The van der Waals surface area contributed by atoms with Gasteiger partial charge >= 0.3 is 5.97 Å². The zero-order valence-corrected chi connectivity index (χ0v) is 7.09. The van der Waals surface area contributed by atoms with Crippen molar-refractivity contribution in [1.29, 1.82) is 0 Å². The first-order chi connectivity index (χ1) is 4.92. The van der Waals surface area contributed by atoms with E-state index in [0.717, 1.165) is 0 Å². The van der Waals surface area contributed by atoms with Crippen LogP contribution in [0.1, 0.15) is 20.8 Å². The summed E-state index contributed by atoms with van der Waals surface area (Å²) in [4.78, 5) is 9.94. The molecule has 1 N–H and O–H groups in total. The van der Waals surface area contributed by atoms with Gasteiger partial charge in [0, 0.05) is 0 Å². The van der Waals surface area contributed by atoms with E-state index in [0.29, 0.717) is 0 Å². The highest BCUT2D eigenvalue weighted by Crippen LogP contribution is 2.05. The van der Waals surface area contributed by atoms with Gasteiger partial charge in [-0.3, -0.25) is 0 Å². The van der Waals surface area contributed by atoms with E-state index in [2.05, 4.69) is 4.74 Å². The quantitative estimate of drug-likeness (QED) is 0.492. The van der Waals surface area contributed by atoms with Gasteiger partial charge in [0.25, 0.3) is 0 Å². The van der Waals surface area contributed by atoms with Gasteiger partial charge in [0.15, 0.2) is 0 Å². The maximum Gasteiger partial charge on any atom is 0.329 e. The third kappa shape index (κ3) is 9.39. The summed E-state index contributed by atoms with van der Waals surface area (Å²) in [5.41, 5.74) is -0.279. The molecule has 4 heteroatoms. The van der Waals surface area contributed by atoms with E-state index in [1.54, 1.807) is 0 Å².